The monoisotopic (exact) mass is 237 g/mol. The van der Waals surface area contributed by atoms with Crippen LogP contribution < -0.4 is 5.32 Å². The minimum atomic E-state index is 0.0651. The van der Waals surface area contributed by atoms with Crippen LogP contribution >= 0.6 is 0 Å². The Bertz CT molecular complexity index is 624. The van der Waals surface area contributed by atoms with Crippen LogP contribution in [0.15, 0.2) is 36.4 Å². The summed E-state index contributed by atoms with van der Waals surface area (Å²) >= 11 is 0. The lowest BCUT2D eigenvalue weighted by Crippen LogP contribution is -2.26. The Kier molecular flexibility index (Phi) is 2.28. The van der Waals surface area contributed by atoms with E-state index in [1.165, 1.54) is 33.6 Å². The summed E-state index contributed by atoms with van der Waals surface area (Å²) in [5.41, 5.74) is 7.94. The highest BCUT2D eigenvalue weighted by molar-refractivity contribution is 5.76. The van der Waals surface area contributed by atoms with Gasteiger partial charge < -0.3 is 5.32 Å². The smallest absolute Gasteiger partial charge is 0.0428 e. The fourth-order valence-corrected chi connectivity index (χ4v) is 2.88. The molecule has 3 rings (SSSR count). The van der Waals surface area contributed by atoms with Crippen LogP contribution in [0.5, 0.6) is 0 Å². The van der Waals surface area contributed by atoms with Gasteiger partial charge in [-0.05, 0) is 42.7 Å². The van der Waals surface area contributed by atoms with Gasteiger partial charge in [-0.1, -0.05) is 43.7 Å². The van der Waals surface area contributed by atoms with E-state index in [4.69, 9.17) is 0 Å². The summed E-state index contributed by atoms with van der Waals surface area (Å²) in [5, 5.41) is 3.56. The van der Waals surface area contributed by atoms with Crippen molar-refractivity contribution in [3.63, 3.8) is 0 Å². The molecule has 2 aromatic carbocycles. The molecule has 1 aliphatic heterocycles. The summed E-state index contributed by atoms with van der Waals surface area (Å²) in [4.78, 5) is 0. The highest BCUT2D eigenvalue weighted by Gasteiger charge is 2.32. The molecule has 1 heteroatoms. The molecular formula is C17H19N. The number of hydrogen-bond acceptors (Lipinski definition) is 1. The fourth-order valence-electron chi connectivity index (χ4n) is 2.88. The third-order valence-corrected chi connectivity index (χ3v) is 3.97. The average molecular weight is 237 g/mol. The molecule has 1 N–H and O–H groups in total. The predicted molar refractivity (Wildman–Crippen MR) is 77.8 cm³/mol. The number of aryl methyl sites for hydroxylation is 2. The van der Waals surface area contributed by atoms with Crippen molar-refractivity contribution in [3.05, 3.63) is 58.7 Å². The largest absolute Gasteiger partial charge is 0.355 e. The van der Waals surface area contributed by atoms with Gasteiger partial charge in [0.05, 0.1) is 0 Å². The summed E-state index contributed by atoms with van der Waals surface area (Å²) < 4.78 is 0. The molecule has 0 atom stereocenters. The Hall–Kier alpha value is -1.76. The number of fused-ring (bicyclic) bond motifs is 2. The zero-order valence-corrected chi connectivity index (χ0v) is 11.5. The Labute approximate surface area is 109 Å². The van der Waals surface area contributed by atoms with Gasteiger partial charge in [-0.15, -0.1) is 0 Å². The topological polar surface area (TPSA) is 12.0 Å². The normalized spacial score (nSPS) is 15.6. The minimum Gasteiger partial charge on any atom is -0.355 e. The number of nitrogens with one attached hydrogen (secondary N) is 1. The summed E-state index contributed by atoms with van der Waals surface area (Å²) in [7, 11) is 0. The summed E-state index contributed by atoms with van der Waals surface area (Å²) in [6.07, 6.45) is 0. The first-order chi connectivity index (χ1) is 8.48. The van der Waals surface area contributed by atoms with Crippen molar-refractivity contribution < 1.29 is 0 Å². The first-order valence-electron chi connectivity index (χ1n) is 6.48. The molecule has 0 spiro atoms. The van der Waals surface area contributed by atoms with E-state index in [2.05, 4.69) is 69.4 Å². The van der Waals surface area contributed by atoms with Crippen molar-refractivity contribution in [1.29, 1.82) is 0 Å². The summed E-state index contributed by atoms with van der Waals surface area (Å²) in [6, 6.07) is 13.3. The zero-order chi connectivity index (χ0) is 12.9. The lowest BCUT2D eigenvalue weighted by molar-refractivity contribution is 0.637. The molecule has 0 aromatic heterocycles. The predicted octanol–water partition coefficient (Wildman–Crippen LogP) is 4.69. The molecule has 1 aliphatic rings. The molecule has 0 unspecified atom stereocenters. The van der Waals surface area contributed by atoms with Crippen LogP contribution in [0.25, 0.3) is 0 Å². The minimum absolute atomic E-state index is 0.0651. The summed E-state index contributed by atoms with van der Waals surface area (Å²) in [6.45, 7) is 8.90. The maximum Gasteiger partial charge on any atom is 0.0428 e. The maximum absolute atomic E-state index is 3.56. The van der Waals surface area contributed by atoms with E-state index in [9.17, 15) is 0 Å². The Morgan fingerprint density at radius 2 is 1.44 bits per heavy atom. The van der Waals surface area contributed by atoms with Crippen molar-refractivity contribution in [2.75, 3.05) is 5.32 Å². The second-order valence-corrected chi connectivity index (χ2v) is 5.85. The lowest BCUT2D eigenvalue weighted by Gasteiger charge is -2.36. The van der Waals surface area contributed by atoms with Gasteiger partial charge in [0.25, 0.3) is 0 Å². The van der Waals surface area contributed by atoms with E-state index >= 15 is 0 Å². The zero-order valence-electron chi connectivity index (χ0n) is 11.5. The SMILES string of the molecule is Cc1ccc2c(c1)Nc1ccc(C)cc1C2(C)C. The standard InChI is InChI=1S/C17H19N/c1-11-6-8-15-14(9-11)17(3,4)13-7-5-12(2)10-16(13)18-15/h5-10,18H,1-4H3. The molecule has 0 aliphatic carbocycles. The Morgan fingerprint density at radius 3 is 2.22 bits per heavy atom. The van der Waals surface area contributed by atoms with Gasteiger partial charge >= 0.3 is 0 Å². The van der Waals surface area contributed by atoms with E-state index in [1.807, 2.05) is 0 Å². The third-order valence-electron chi connectivity index (χ3n) is 3.97. The van der Waals surface area contributed by atoms with E-state index in [-0.39, 0.29) is 5.41 Å². The second kappa shape index (κ2) is 3.61. The van der Waals surface area contributed by atoms with Crippen molar-refractivity contribution in [2.45, 2.75) is 33.1 Å². The van der Waals surface area contributed by atoms with E-state index in [0.29, 0.717) is 0 Å². The van der Waals surface area contributed by atoms with E-state index in [1.54, 1.807) is 0 Å². The molecule has 2 aromatic rings. The van der Waals surface area contributed by atoms with Gasteiger partial charge in [0.15, 0.2) is 0 Å². The van der Waals surface area contributed by atoms with Gasteiger partial charge in [0, 0.05) is 16.8 Å². The highest BCUT2D eigenvalue weighted by atomic mass is 14.9. The number of benzene rings is 2. The average Bonchev–Trinajstić information content (AvgIpc) is 2.30. The van der Waals surface area contributed by atoms with Crippen LogP contribution in [0.2, 0.25) is 0 Å². The molecule has 0 amide bonds. The van der Waals surface area contributed by atoms with Crippen molar-refractivity contribution in [3.8, 4) is 0 Å². The molecular weight excluding hydrogens is 218 g/mol. The molecule has 92 valence electrons. The quantitative estimate of drug-likeness (QED) is 0.701. The van der Waals surface area contributed by atoms with Crippen LogP contribution in [-0.4, -0.2) is 0 Å². The first-order valence-corrected chi connectivity index (χ1v) is 6.48. The van der Waals surface area contributed by atoms with Crippen LogP contribution in [-0.2, 0) is 5.41 Å². The molecule has 0 radical (unpaired) electrons. The van der Waals surface area contributed by atoms with Crippen molar-refractivity contribution in [1.82, 2.24) is 0 Å². The molecule has 0 bridgehead atoms. The van der Waals surface area contributed by atoms with E-state index < -0.39 is 0 Å². The molecule has 0 fully saturated rings. The van der Waals surface area contributed by atoms with Gasteiger partial charge in [-0.3, -0.25) is 0 Å². The van der Waals surface area contributed by atoms with Gasteiger partial charge in [0.2, 0.25) is 0 Å². The molecule has 1 heterocycles. The Morgan fingerprint density at radius 1 is 0.778 bits per heavy atom. The third kappa shape index (κ3) is 1.54. The first kappa shape index (κ1) is 11.3. The number of rotatable bonds is 0. The van der Waals surface area contributed by atoms with Gasteiger partial charge in [-0.25, -0.2) is 0 Å². The molecule has 0 saturated heterocycles. The number of anilines is 2. The van der Waals surface area contributed by atoms with Crippen molar-refractivity contribution in [2.24, 2.45) is 0 Å². The molecule has 1 nitrogen and oxygen atoms in total. The second-order valence-electron chi connectivity index (χ2n) is 5.85. The van der Waals surface area contributed by atoms with Crippen LogP contribution in [0, 0.1) is 13.8 Å². The van der Waals surface area contributed by atoms with Crippen LogP contribution in [0.4, 0.5) is 11.4 Å². The summed E-state index contributed by atoms with van der Waals surface area (Å²) in [5.74, 6) is 0. The Balaban J connectivity index is 2.26. The molecule has 18 heavy (non-hydrogen) atoms. The van der Waals surface area contributed by atoms with Gasteiger partial charge in [0.1, 0.15) is 0 Å². The number of hydrogen-bond donors (Lipinski definition) is 1. The fraction of sp³-hybridized carbons (Fsp3) is 0.294. The maximum atomic E-state index is 3.56. The highest BCUT2D eigenvalue weighted by Crippen LogP contribution is 2.45. The lowest BCUT2D eigenvalue weighted by atomic mass is 9.74. The van der Waals surface area contributed by atoms with E-state index in [0.717, 1.165) is 0 Å². The van der Waals surface area contributed by atoms with Crippen LogP contribution in [0.3, 0.4) is 0 Å². The van der Waals surface area contributed by atoms with Crippen LogP contribution in [0.1, 0.15) is 36.1 Å². The van der Waals surface area contributed by atoms with Gasteiger partial charge in [-0.2, -0.15) is 0 Å². The van der Waals surface area contributed by atoms with Crippen molar-refractivity contribution >= 4 is 11.4 Å². The molecule has 0 saturated carbocycles.